The Labute approximate surface area is 225 Å². The normalized spacial score (nSPS) is 10.8. The van der Waals surface area contributed by atoms with Crippen molar-refractivity contribution in [3.8, 4) is 22.9 Å². The smallest absolute Gasteiger partial charge is 0.308 e. The van der Waals surface area contributed by atoms with Gasteiger partial charge >= 0.3 is 11.9 Å². The summed E-state index contributed by atoms with van der Waals surface area (Å²) in [4.78, 5) is 32.7. The van der Waals surface area contributed by atoms with Crippen LogP contribution in [0.25, 0.3) is 16.9 Å². The average Bonchev–Trinajstić information content (AvgIpc) is 3.27. The zero-order chi connectivity index (χ0) is 27.2. The Hall–Kier alpha value is -4.98. The molecule has 8 heteroatoms. The predicted molar refractivity (Wildman–Crippen MR) is 145 cm³/mol. The summed E-state index contributed by atoms with van der Waals surface area (Å²) >= 11 is 0. The molecule has 0 spiro atoms. The van der Waals surface area contributed by atoms with Gasteiger partial charge in [-0.15, -0.1) is 0 Å². The molecule has 0 fully saturated rings. The summed E-state index contributed by atoms with van der Waals surface area (Å²) in [6, 6.07) is 27.2. The van der Waals surface area contributed by atoms with Crippen molar-refractivity contribution in [2.45, 2.75) is 26.7 Å². The molecule has 0 radical (unpaired) electrons. The number of fused-ring (bicyclic) bond motifs is 1. The Morgan fingerprint density at radius 2 is 1.36 bits per heavy atom. The molecule has 0 saturated heterocycles. The molecule has 0 unspecified atom stereocenters. The third-order valence-electron chi connectivity index (χ3n) is 6.00. The SMILES string of the molecule is CC(=O)OCOc1c(Cc2ccccc2)nc2c(Cc3ccccc3)nc(-c3ccc(OC(C)=O)cc3)cn12. The molecule has 3 aromatic carbocycles. The van der Waals surface area contributed by atoms with E-state index in [0.717, 1.165) is 22.4 Å². The van der Waals surface area contributed by atoms with Crippen molar-refractivity contribution < 1.29 is 23.8 Å². The molecule has 5 rings (SSSR count). The first kappa shape index (κ1) is 25.7. The summed E-state index contributed by atoms with van der Waals surface area (Å²) < 4.78 is 18.1. The molecule has 8 nitrogen and oxygen atoms in total. The molecule has 5 aromatic rings. The van der Waals surface area contributed by atoms with Crippen molar-refractivity contribution in [1.82, 2.24) is 14.4 Å². The molecule has 0 amide bonds. The molecule has 2 heterocycles. The number of ether oxygens (including phenoxy) is 3. The molecule has 0 N–H and O–H groups in total. The predicted octanol–water partition coefficient (Wildman–Crippen LogP) is 5.40. The number of hydrogen-bond donors (Lipinski definition) is 0. The van der Waals surface area contributed by atoms with E-state index in [0.29, 0.717) is 41.5 Å². The topological polar surface area (TPSA) is 92.0 Å². The summed E-state index contributed by atoms with van der Waals surface area (Å²) in [5, 5.41) is 0. The molecule has 39 heavy (non-hydrogen) atoms. The maximum absolute atomic E-state index is 11.4. The van der Waals surface area contributed by atoms with E-state index >= 15 is 0 Å². The molecule has 0 atom stereocenters. The van der Waals surface area contributed by atoms with Crippen LogP contribution in [0.4, 0.5) is 0 Å². The lowest BCUT2D eigenvalue weighted by Gasteiger charge is -2.11. The number of imidazole rings is 1. The molecular formula is C31H27N3O5. The van der Waals surface area contributed by atoms with Gasteiger partial charge in [-0.1, -0.05) is 60.7 Å². The monoisotopic (exact) mass is 521 g/mol. The molecule has 0 aliphatic rings. The zero-order valence-electron chi connectivity index (χ0n) is 21.7. The molecule has 0 bridgehead atoms. The fourth-order valence-electron chi connectivity index (χ4n) is 4.27. The highest BCUT2D eigenvalue weighted by atomic mass is 16.7. The first-order valence-corrected chi connectivity index (χ1v) is 12.5. The van der Waals surface area contributed by atoms with Gasteiger partial charge in [-0.25, -0.2) is 9.97 Å². The van der Waals surface area contributed by atoms with Crippen LogP contribution in [0.1, 0.15) is 36.4 Å². The Morgan fingerprint density at radius 3 is 1.95 bits per heavy atom. The third-order valence-corrected chi connectivity index (χ3v) is 6.00. The average molecular weight is 522 g/mol. The van der Waals surface area contributed by atoms with E-state index in [4.69, 9.17) is 24.2 Å². The summed E-state index contributed by atoms with van der Waals surface area (Å²) in [6.07, 6.45) is 2.93. The molecule has 196 valence electrons. The van der Waals surface area contributed by atoms with E-state index in [1.807, 2.05) is 83.4 Å². The van der Waals surface area contributed by atoms with Crippen LogP contribution in [0.2, 0.25) is 0 Å². The van der Waals surface area contributed by atoms with E-state index in [1.165, 1.54) is 13.8 Å². The summed E-state index contributed by atoms with van der Waals surface area (Å²) in [7, 11) is 0. The summed E-state index contributed by atoms with van der Waals surface area (Å²) in [5.74, 6) is 0.111. The number of carbonyl (C=O) groups excluding carboxylic acids is 2. The van der Waals surface area contributed by atoms with Gasteiger partial charge in [0.1, 0.15) is 11.4 Å². The van der Waals surface area contributed by atoms with Crippen molar-refractivity contribution in [3.63, 3.8) is 0 Å². The van der Waals surface area contributed by atoms with Crippen molar-refractivity contribution in [2.75, 3.05) is 6.79 Å². The number of carbonyl (C=O) groups is 2. The Balaban J connectivity index is 1.64. The lowest BCUT2D eigenvalue weighted by atomic mass is 10.1. The zero-order valence-corrected chi connectivity index (χ0v) is 21.7. The highest BCUT2D eigenvalue weighted by molar-refractivity contribution is 5.70. The second-order valence-electron chi connectivity index (χ2n) is 8.97. The van der Waals surface area contributed by atoms with E-state index in [9.17, 15) is 9.59 Å². The molecule has 0 saturated carbocycles. The van der Waals surface area contributed by atoms with Crippen LogP contribution in [0.3, 0.4) is 0 Å². The largest absolute Gasteiger partial charge is 0.440 e. The highest BCUT2D eigenvalue weighted by Gasteiger charge is 2.20. The fourth-order valence-corrected chi connectivity index (χ4v) is 4.27. The fraction of sp³-hybridized carbons (Fsp3) is 0.161. The van der Waals surface area contributed by atoms with Crippen LogP contribution in [-0.2, 0) is 27.2 Å². The number of nitrogens with zero attached hydrogens (tertiary/aromatic N) is 3. The summed E-state index contributed by atoms with van der Waals surface area (Å²) in [5.41, 5.74) is 5.78. The van der Waals surface area contributed by atoms with Gasteiger partial charge in [-0.05, 0) is 35.4 Å². The van der Waals surface area contributed by atoms with Crippen LogP contribution < -0.4 is 9.47 Å². The maximum Gasteiger partial charge on any atom is 0.308 e. The number of aromatic nitrogens is 3. The van der Waals surface area contributed by atoms with E-state index in [1.54, 1.807) is 12.1 Å². The first-order chi connectivity index (χ1) is 19.0. The number of esters is 2. The van der Waals surface area contributed by atoms with Crippen molar-refractivity contribution in [1.29, 1.82) is 0 Å². The lowest BCUT2D eigenvalue weighted by molar-refractivity contribution is -0.147. The first-order valence-electron chi connectivity index (χ1n) is 12.5. The van der Waals surface area contributed by atoms with Gasteiger partial charge in [-0.2, -0.15) is 0 Å². The number of rotatable bonds is 9. The minimum absolute atomic E-state index is 0.242. The molecule has 0 aliphatic heterocycles. The van der Waals surface area contributed by atoms with E-state index in [-0.39, 0.29) is 12.8 Å². The van der Waals surface area contributed by atoms with Gasteiger partial charge < -0.3 is 14.2 Å². The van der Waals surface area contributed by atoms with Gasteiger partial charge in [-0.3, -0.25) is 14.0 Å². The molecule has 0 aliphatic carbocycles. The van der Waals surface area contributed by atoms with Gasteiger partial charge in [0.2, 0.25) is 12.7 Å². The van der Waals surface area contributed by atoms with Gasteiger partial charge in [0.15, 0.2) is 5.65 Å². The highest BCUT2D eigenvalue weighted by Crippen LogP contribution is 2.30. The van der Waals surface area contributed by atoms with Crippen molar-refractivity contribution >= 4 is 17.6 Å². The number of benzene rings is 3. The third kappa shape index (κ3) is 6.30. The Morgan fingerprint density at radius 1 is 0.744 bits per heavy atom. The summed E-state index contributed by atoms with van der Waals surface area (Å²) in [6.45, 7) is 2.46. The van der Waals surface area contributed by atoms with Gasteiger partial charge in [0.05, 0.1) is 11.4 Å². The minimum Gasteiger partial charge on any atom is -0.440 e. The molecule has 2 aromatic heterocycles. The quantitative estimate of drug-likeness (QED) is 0.146. The van der Waals surface area contributed by atoms with Crippen LogP contribution >= 0.6 is 0 Å². The number of hydrogen-bond acceptors (Lipinski definition) is 7. The Kier molecular flexibility index (Phi) is 7.63. The molecular weight excluding hydrogens is 494 g/mol. The van der Waals surface area contributed by atoms with E-state index < -0.39 is 5.97 Å². The van der Waals surface area contributed by atoms with Gasteiger partial charge in [0, 0.05) is 38.4 Å². The maximum atomic E-state index is 11.4. The second-order valence-corrected chi connectivity index (χ2v) is 8.97. The Bertz CT molecular complexity index is 1600. The van der Waals surface area contributed by atoms with E-state index in [2.05, 4.69) is 0 Å². The minimum atomic E-state index is -0.437. The van der Waals surface area contributed by atoms with Crippen molar-refractivity contribution in [2.24, 2.45) is 0 Å². The van der Waals surface area contributed by atoms with Crippen LogP contribution in [0.5, 0.6) is 11.6 Å². The van der Waals surface area contributed by atoms with Crippen LogP contribution in [-0.4, -0.2) is 33.1 Å². The standard InChI is InChI=1S/C31H27N3O5/c1-21(35)37-20-38-31-28(18-24-11-7-4-8-12-24)33-30-27(17-23-9-5-3-6-10-23)32-29(19-34(30)31)25-13-15-26(16-14-25)39-22(2)36/h3-16,19H,17-18,20H2,1-2H3. The second kappa shape index (κ2) is 11.6. The van der Waals surface area contributed by atoms with Gasteiger partial charge in [0.25, 0.3) is 0 Å². The van der Waals surface area contributed by atoms with Crippen LogP contribution in [0, 0.1) is 0 Å². The van der Waals surface area contributed by atoms with Crippen LogP contribution in [0.15, 0.2) is 91.1 Å². The van der Waals surface area contributed by atoms with Crippen molar-refractivity contribution in [3.05, 3.63) is 114 Å². The lowest BCUT2D eigenvalue weighted by Crippen LogP contribution is -2.09.